The Kier molecular flexibility index (Phi) is 3.83. The zero-order valence-electron chi connectivity index (χ0n) is 11.9. The molecule has 4 heteroatoms. The second kappa shape index (κ2) is 5.75. The number of aryl methyl sites for hydroxylation is 1. The quantitative estimate of drug-likeness (QED) is 0.689. The minimum atomic E-state index is 0.539. The summed E-state index contributed by atoms with van der Waals surface area (Å²) < 4.78 is 0.970. The van der Waals surface area contributed by atoms with E-state index < -0.39 is 0 Å². The summed E-state index contributed by atoms with van der Waals surface area (Å²) in [5.41, 5.74) is 1.63. The van der Waals surface area contributed by atoms with E-state index in [1.54, 1.807) is 0 Å². The van der Waals surface area contributed by atoms with E-state index in [0.717, 1.165) is 21.3 Å². The average Bonchev–Trinajstić information content (AvgIpc) is 2.50. The molecule has 0 atom stereocenters. The van der Waals surface area contributed by atoms with Crippen LogP contribution < -0.4 is 10.0 Å². The predicted octanol–water partition coefficient (Wildman–Crippen LogP) is 2.60. The molecule has 0 radical (unpaired) electrons. The lowest BCUT2D eigenvalue weighted by molar-refractivity contribution is -0.623. The Hall–Kier alpha value is -1.68. The van der Waals surface area contributed by atoms with Gasteiger partial charge in [-0.2, -0.15) is 0 Å². The maximum absolute atomic E-state index is 12.3. The first-order chi connectivity index (χ1) is 9.75. The molecule has 106 valence electrons. The van der Waals surface area contributed by atoms with Gasteiger partial charge in [0.15, 0.2) is 5.52 Å². The minimum absolute atomic E-state index is 0.539. The smallest absolute Gasteiger partial charge is 0.316 e. The van der Waals surface area contributed by atoms with Crippen LogP contribution in [0.3, 0.4) is 0 Å². The van der Waals surface area contributed by atoms with Crippen LogP contribution in [0.15, 0.2) is 24.3 Å². The summed E-state index contributed by atoms with van der Waals surface area (Å²) in [5.74, 6) is 0.576. The van der Waals surface area contributed by atoms with Crippen LogP contribution >= 0.6 is 0 Å². The molecule has 4 nitrogen and oxygen atoms in total. The van der Waals surface area contributed by atoms with Gasteiger partial charge in [0.1, 0.15) is 12.2 Å². The first kappa shape index (κ1) is 13.3. The maximum atomic E-state index is 12.3. The van der Waals surface area contributed by atoms with Gasteiger partial charge in [0.2, 0.25) is 0 Å². The SMILES string of the molecule is Cc1c2ccccc2nc(CNC2CCCCC2)[n+]1[O-]. The molecule has 1 aromatic carbocycles. The third-order valence-electron chi connectivity index (χ3n) is 4.24. The molecule has 1 aliphatic carbocycles. The molecular formula is C16H21N3O. The molecule has 0 bridgehead atoms. The lowest BCUT2D eigenvalue weighted by Gasteiger charge is -2.22. The van der Waals surface area contributed by atoms with Gasteiger partial charge in [-0.05, 0) is 36.9 Å². The number of nitrogens with one attached hydrogen (secondary N) is 1. The molecule has 1 saturated carbocycles. The Labute approximate surface area is 119 Å². The summed E-state index contributed by atoms with van der Waals surface area (Å²) in [5, 5.41) is 16.7. The van der Waals surface area contributed by atoms with E-state index in [2.05, 4.69) is 10.3 Å². The van der Waals surface area contributed by atoms with Gasteiger partial charge in [-0.15, -0.1) is 0 Å². The Morgan fingerprint density at radius 2 is 2.00 bits per heavy atom. The zero-order valence-corrected chi connectivity index (χ0v) is 11.9. The largest absolute Gasteiger partial charge is 0.711 e. The summed E-state index contributed by atoms with van der Waals surface area (Å²) in [6.45, 7) is 2.42. The fourth-order valence-electron chi connectivity index (χ4n) is 3.02. The van der Waals surface area contributed by atoms with Gasteiger partial charge in [0.25, 0.3) is 0 Å². The highest BCUT2D eigenvalue weighted by Gasteiger charge is 2.18. The van der Waals surface area contributed by atoms with Crippen LogP contribution in [-0.4, -0.2) is 11.0 Å². The van der Waals surface area contributed by atoms with Crippen molar-refractivity contribution in [2.75, 3.05) is 0 Å². The molecule has 2 aromatic rings. The van der Waals surface area contributed by atoms with Crippen LogP contribution in [0.1, 0.15) is 43.6 Å². The van der Waals surface area contributed by atoms with Gasteiger partial charge < -0.3 is 10.5 Å². The van der Waals surface area contributed by atoms with Crippen molar-refractivity contribution in [3.8, 4) is 0 Å². The third kappa shape index (κ3) is 2.61. The van der Waals surface area contributed by atoms with Crippen molar-refractivity contribution < 1.29 is 4.73 Å². The molecular weight excluding hydrogens is 250 g/mol. The Balaban J connectivity index is 1.82. The topological polar surface area (TPSA) is 51.9 Å². The van der Waals surface area contributed by atoms with Gasteiger partial charge in [0.05, 0.1) is 5.39 Å². The van der Waals surface area contributed by atoms with Gasteiger partial charge in [0, 0.05) is 6.04 Å². The average molecular weight is 271 g/mol. The van der Waals surface area contributed by atoms with Crippen molar-refractivity contribution in [2.45, 2.75) is 51.6 Å². The highest BCUT2D eigenvalue weighted by Crippen LogP contribution is 2.18. The van der Waals surface area contributed by atoms with Crippen molar-refractivity contribution in [3.05, 3.63) is 41.0 Å². The molecule has 0 spiro atoms. The summed E-state index contributed by atoms with van der Waals surface area (Å²) in [7, 11) is 0. The van der Waals surface area contributed by atoms with E-state index in [0.29, 0.717) is 18.4 Å². The number of hydrogen-bond acceptors (Lipinski definition) is 3. The molecule has 1 heterocycles. The standard InChI is InChI=1S/C16H21N3O/c1-12-14-9-5-6-10-15(14)18-16(19(12)20)11-17-13-7-3-2-4-8-13/h5-6,9-10,13,17H,2-4,7-8,11H2,1H3. The number of benzene rings is 1. The number of rotatable bonds is 3. The molecule has 0 aliphatic heterocycles. The number of para-hydroxylation sites is 1. The van der Waals surface area contributed by atoms with Crippen molar-refractivity contribution in [1.29, 1.82) is 0 Å². The normalized spacial score (nSPS) is 16.6. The van der Waals surface area contributed by atoms with E-state index in [-0.39, 0.29) is 0 Å². The third-order valence-corrected chi connectivity index (χ3v) is 4.24. The van der Waals surface area contributed by atoms with Gasteiger partial charge in [-0.3, -0.25) is 0 Å². The fraction of sp³-hybridized carbons (Fsp3) is 0.500. The van der Waals surface area contributed by atoms with Crippen LogP contribution in [-0.2, 0) is 6.54 Å². The second-order valence-corrected chi connectivity index (χ2v) is 5.64. The summed E-state index contributed by atoms with van der Waals surface area (Å²) in [6, 6.07) is 8.35. The molecule has 3 rings (SSSR count). The molecule has 0 amide bonds. The highest BCUT2D eigenvalue weighted by atomic mass is 16.5. The number of hydrogen-bond donors (Lipinski definition) is 1. The Morgan fingerprint density at radius 3 is 2.80 bits per heavy atom. The second-order valence-electron chi connectivity index (χ2n) is 5.64. The molecule has 0 saturated heterocycles. The van der Waals surface area contributed by atoms with Gasteiger partial charge in [-0.25, -0.2) is 4.73 Å². The highest BCUT2D eigenvalue weighted by molar-refractivity contribution is 5.79. The van der Waals surface area contributed by atoms with Crippen molar-refractivity contribution >= 4 is 10.9 Å². The van der Waals surface area contributed by atoms with Crippen molar-refractivity contribution in [3.63, 3.8) is 0 Å². The Morgan fingerprint density at radius 1 is 1.25 bits per heavy atom. The van der Waals surface area contributed by atoms with E-state index in [1.807, 2.05) is 31.2 Å². The maximum Gasteiger partial charge on any atom is 0.316 e. The number of aromatic nitrogens is 2. The lowest BCUT2D eigenvalue weighted by Crippen LogP contribution is -2.41. The number of fused-ring (bicyclic) bond motifs is 1. The first-order valence-electron chi connectivity index (χ1n) is 7.47. The van der Waals surface area contributed by atoms with E-state index in [1.165, 1.54) is 32.1 Å². The molecule has 0 unspecified atom stereocenters. The lowest BCUT2D eigenvalue weighted by atomic mass is 9.95. The first-order valence-corrected chi connectivity index (χ1v) is 7.47. The predicted molar refractivity (Wildman–Crippen MR) is 79.2 cm³/mol. The molecule has 1 aromatic heterocycles. The monoisotopic (exact) mass is 271 g/mol. The van der Waals surface area contributed by atoms with E-state index in [4.69, 9.17) is 0 Å². The summed E-state index contributed by atoms with van der Waals surface area (Å²) >= 11 is 0. The van der Waals surface area contributed by atoms with Crippen LogP contribution in [0.5, 0.6) is 0 Å². The molecule has 1 N–H and O–H groups in total. The fourth-order valence-corrected chi connectivity index (χ4v) is 3.02. The van der Waals surface area contributed by atoms with Crippen LogP contribution in [0, 0.1) is 12.1 Å². The minimum Gasteiger partial charge on any atom is -0.711 e. The zero-order chi connectivity index (χ0) is 13.9. The van der Waals surface area contributed by atoms with Crippen molar-refractivity contribution in [2.24, 2.45) is 0 Å². The Bertz CT molecular complexity index is 606. The van der Waals surface area contributed by atoms with E-state index in [9.17, 15) is 5.21 Å². The molecule has 1 aliphatic rings. The summed E-state index contributed by atoms with van der Waals surface area (Å²) in [6.07, 6.45) is 6.35. The van der Waals surface area contributed by atoms with Crippen LogP contribution in [0.25, 0.3) is 10.9 Å². The van der Waals surface area contributed by atoms with Crippen molar-refractivity contribution in [1.82, 2.24) is 10.3 Å². The number of nitrogens with zero attached hydrogens (tertiary/aromatic N) is 2. The molecule has 20 heavy (non-hydrogen) atoms. The van der Waals surface area contributed by atoms with Gasteiger partial charge in [-0.1, -0.05) is 31.4 Å². The van der Waals surface area contributed by atoms with Crippen LogP contribution in [0.2, 0.25) is 0 Å². The van der Waals surface area contributed by atoms with Gasteiger partial charge >= 0.3 is 5.82 Å². The van der Waals surface area contributed by atoms with Crippen LogP contribution in [0.4, 0.5) is 0 Å². The molecule has 1 fully saturated rings. The summed E-state index contributed by atoms with van der Waals surface area (Å²) in [4.78, 5) is 4.51. The van der Waals surface area contributed by atoms with E-state index >= 15 is 0 Å².